The maximum absolute atomic E-state index is 10.2. The lowest BCUT2D eigenvalue weighted by Gasteiger charge is -2.03. The van der Waals surface area contributed by atoms with Crippen molar-refractivity contribution in [2.75, 3.05) is 6.61 Å². The molecule has 0 unspecified atom stereocenters. The molecule has 86 valence electrons. The number of benzene rings is 1. The minimum atomic E-state index is -1.04. The second-order valence-corrected chi connectivity index (χ2v) is 3.23. The number of aliphatic hydroxyl groups excluding tert-OH is 1. The topological polar surface area (TPSA) is 66.8 Å². The van der Waals surface area contributed by atoms with Crippen LogP contribution in [-0.4, -0.2) is 22.8 Å². The average Bonchev–Trinajstić information content (AvgIpc) is 2.26. The normalized spacial score (nSPS) is 10.6. The summed E-state index contributed by atoms with van der Waals surface area (Å²) < 4.78 is 5.11. The van der Waals surface area contributed by atoms with Crippen LogP contribution >= 0.6 is 0 Å². The Bertz CT molecular complexity index is 371. The zero-order chi connectivity index (χ0) is 11.8. The van der Waals surface area contributed by atoms with Crippen LogP contribution in [0.3, 0.4) is 0 Å². The number of aliphatic carboxylic acids is 1. The molecule has 0 spiro atoms. The van der Waals surface area contributed by atoms with E-state index in [2.05, 4.69) is 0 Å². The number of carboxylic acids is 1. The van der Waals surface area contributed by atoms with Gasteiger partial charge in [0.25, 0.3) is 0 Å². The van der Waals surface area contributed by atoms with Gasteiger partial charge in [0, 0.05) is 6.61 Å². The first-order chi connectivity index (χ1) is 7.72. The molecule has 16 heavy (non-hydrogen) atoms. The fourth-order valence-corrected chi connectivity index (χ4v) is 1.23. The largest absolute Gasteiger partial charge is 0.478 e. The van der Waals surface area contributed by atoms with E-state index in [0.29, 0.717) is 12.2 Å². The van der Waals surface area contributed by atoms with E-state index in [1.807, 2.05) is 18.2 Å². The number of aryl methyl sites for hydroxylation is 1. The molecule has 1 rings (SSSR count). The van der Waals surface area contributed by atoms with Crippen molar-refractivity contribution in [2.45, 2.75) is 12.8 Å². The van der Waals surface area contributed by atoms with Gasteiger partial charge in [-0.3, -0.25) is 0 Å². The Hall–Kier alpha value is -1.81. The Morgan fingerprint density at radius 3 is 2.94 bits per heavy atom. The number of hydrogen-bond acceptors (Lipinski definition) is 3. The van der Waals surface area contributed by atoms with Crippen LogP contribution in [0.25, 0.3) is 0 Å². The third-order valence-electron chi connectivity index (χ3n) is 1.94. The van der Waals surface area contributed by atoms with E-state index in [1.54, 1.807) is 6.07 Å². The smallest absolute Gasteiger partial charge is 0.331 e. The summed E-state index contributed by atoms with van der Waals surface area (Å²) in [6.07, 6.45) is 3.54. The second-order valence-electron chi connectivity index (χ2n) is 3.23. The number of carboxylic acid groups (broad SMARTS) is 1. The van der Waals surface area contributed by atoms with Crippen LogP contribution in [0.2, 0.25) is 0 Å². The van der Waals surface area contributed by atoms with Crippen LogP contribution in [0.4, 0.5) is 0 Å². The van der Waals surface area contributed by atoms with Crippen molar-refractivity contribution in [1.29, 1.82) is 0 Å². The first-order valence-corrected chi connectivity index (χ1v) is 4.98. The second kappa shape index (κ2) is 6.63. The van der Waals surface area contributed by atoms with Crippen molar-refractivity contribution >= 4 is 5.97 Å². The van der Waals surface area contributed by atoms with Crippen LogP contribution in [0.5, 0.6) is 5.75 Å². The van der Waals surface area contributed by atoms with E-state index in [0.717, 1.165) is 24.3 Å². The third-order valence-corrected chi connectivity index (χ3v) is 1.94. The molecule has 0 aliphatic carbocycles. The monoisotopic (exact) mass is 222 g/mol. The van der Waals surface area contributed by atoms with Crippen molar-refractivity contribution in [3.8, 4) is 5.75 Å². The van der Waals surface area contributed by atoms with Gasteiger partial charge in [0.2, 0.25) is 0 Å². The van der Waals surface area contributed by atoms with Crippen LogP contribution in [-0.2, 0) is 11.2 Å². The zero-order valence-electron chi connectivity index (χ0n) is 8.80. The summed E-state index contributed by atoms with van der Waals surface area (Å²) in [6, 6.07) is 7.33. The van der Waals surface area contributed by atoms with Crippen LogP contribution < -0.4 is 4.74 Å². The van der Waals surface area contributed by atoms with E-state index >= 15 is 0 Å². The van der Waals surface area contributed by atoms with Crippen molar-refractivity contribution in [3.05, 3.63) is 42.2 Å². The lowest BCUT2D eigenvalue weighted by molar-refractivity contribution is -0.131. The maximum atomic E-state index is 10.2. The molecule has 0 atom stereocenters. The molecule has 0 radical (unpaired) electrons. The molecule has 0 amide bonds. The highest BCUT2D eigenvalue weighted by Gasteiger charge is 1.96. The minimum absolute atomic E-state index is 0.157. The first kappa shape index (κ1) is 12.3. The maximum Gasteiger partial charge on any atom is 0.331 e. The molecule has 0 aliphatic rings. The number of rotatable bonds is 6. The fourth-order valence-electron chi connectivity index (χ4n) is 1.23. The van der Waals surface area contributed by atoms with Gasteiger partial charge in [-0.25, -0.2) is 4.79 Å². The highest BCUT2D eigenvalue weighted by atomic mass is 16.5. The summed E-state index contributed by atoms with van der Waals surface area (Å²) in [4.78, 5) is 10.2. The lowest BCUT2D eigenvalue weighted by Crippen LogP contribution is -1.92. The van der Waals surface area contributed by atoms with E-state index in [4.69, 9.17) is 14.9 Å². The Morgan fingerprint density at radius 2 is 2.25 bits per heavy atom. The Balaban J connectivity index is 2.56. The van der Waals surface area contributed by atoms with Gasteiger partial charge in [0.05, 0.1) is 12.3 Å². The molecular formula is C12H14O4. The van der Waals surface area contributed by atoms with Gasteiger partial charge in [-0.15, -0.1) is 0 Å². The predicted molar refractivity (Wildman–Crippen MR) is 59.3 cm³/mol. The standard InChI is InChI=1S/C12H14O4/c13-7-2-4-10-3-1-5-11(9-10)16-8-6-12(14)15/h1,3,5-6,8-9,13H,2,4,7H2,(H,14,15). The summed E-state index contributed by atoms with van der Waals surface area (Å²) in [6.45, 7) is 0.157. The molecule has 0 saturated heterocycles. The molecule has 1 aromatic rings. The number of hydrogen-bond donors (Lipinski definition) is 2. The fraction of sp³-hybridized carbons (Fsp3) is 0.250. The molecule has 1 aromatic carbocycles. The third kappa shape index (κ3) is 4.61. The SMILES string of the molecule is O=C(O)C=COc1cccc(CCCO)c1. The van der Waals surface area contributed by atoms with Gasteiger partial charge < -0.3 is 14.9 Å². The Kier molecular flexibility index (Phi) is 5.08. The van der Waals surface area contributed by atoms with Gasteiger partial charge in [0.1, 0.15) is 5.75 Å². The predicted octanol–water partition coefficient (Wildman–Crippen LogP) is 1.59. The molecule has 4 nitrogen and oxygen atoms in total. The number of carbonyl (C=O) groups is 1. The quantitative estimate of drug-likeness (QED) is 0.566. The van der Waals surface area contributed by atoms with Crippen molar-refractivity contribution in [2.24, 2.45) is 0 Å². The zero-order valence-corrected chi connectivity index (χ0v) is 8.80. The molecule has 0 aliphatic heterocycles. The van der Waals surface area contributed by atoms with Crippen LogP contribution in [0.15, 0.2) is 36.6 Å². The van der Waals surface area contributed by atoms with Crippen LogP contribution in [0, 0.1) is 0 Å². The summed E-state index contributed by atoms with van der Waals surface area (Å²) in [5, 5.41) is 17.1. The van der Waals surface area contributed by atoms with Gasteiger partial charge in [0.15, 0.2) is 0 Å². The Labute approximate surface area is 93.8 Å². The molecule has 0 fully saturated rings. The van der Waals surface area contributed by atoms with Gasteiger partial charge >= 0.3 is 5.97 Å². The van der Waals surface area contributed by atoms with Gasteiger partial charge in [-0.2, -0.15) is 0 Å². The number of ether oxygens (including phenoxy) is 1. The van der Waals surface area contributed by atoms with Crippen molar-refractivity contribution in [1.82, 2.24) is 0 Å². The molecule has 0 heterocycles. The minimum Gasteiger partial charge on any atom is -0.478 e. The van der Waals surface area contributed by atoms with Gasteiger partial charge in [-0.05, 0) is 30.5 Å². The number of aliphatic hydroxyl groups is 1. The van der Waals surface area contributed by atoms with E-state index in [9.17, 15) is 4.79 Å². The molecule has 4 heteroatoms. The molecule has 0 aromatic heterocycles. The lowest BCUT2D eigenvalue weighted by atomic mass is 10.1. The first-order valence-electron chi connectivity index (χ1n) is 4.98. The van der Waals surface area contributed by atoms with Crippen molar-refractivity contribution in [3.63, 3.8) is 0 Å². The highest BCUT2D eigenvalue weighted by molar-refractivity contribution is 5.79. The highest BCUT2D eigenvalue weighted by Crippen LogP contribution is 2.14. The summed E-state index contributed by atoms with van der Waals surface area (Å²) in [5.74, 6) is -0.454. The Morgan fingerprint density at radius 1 is 1.44 bits per heavy atom. The van der Waals surface area contributed by atoms with E-state index in [1.165, 1.54) is 0 Å². The summed E-state index contributed by atoms with van der Waals surface area (Å²) in [7, 11) is 0. The molecule has 2 N–H and O–H groups in total. The molecule has 0 saturated carbocycles. The van der Waals surface area contributed by atoms with Gasteiger partial charge in [-0.1, -0.05) is 12.1 Å². The molecule has 0 bridgehead atoms. The van der Waals surface area contributed by atoms with E-state index < -0.39 is 5.97 Å². The average molecular weight is 222 g/mol. The molecular weight excluding hydrogens is 208 g/mol. The van der Waals surface area contributed by atoms with Crippen LogP contribution in [0.1, 0.15) is 12.0 Å². The summed E-state index contributed by atoms with van der Waals surface area (Å²) >= 11 is 0. The van der Waals surface area contributed by atoms with E-state index in [-0.39, 0.29) is 6.61 Å². The summed E-state index contributed by atoms with van der Waals surface area (Å²) in [5.41, 5.74) is 1.05. The van der Waals surface area contributed by atoms with Crippen molar-refractivity contribution < 1.29 is 19.7 Å².